The van der Waals surface area contributed by atoms with Crippen LogP contribution in [-0.2, 0) is 0 Å². The molecule has 0 aromatic carbocycles. The largest absolute Gasteiger partial charge is 0.303 e. The fourth-order valence-corrected chi connectivity index (χ4v) is 24.3. The van der Waals surface area contributed by atoms with Crippen LogP contribution in [0.25, 0.3) is 0 Å². The van der Waals surface area contributed by atoms with Gasteiger partial charge in [-0.2, -0.15) is 0 Å². The van der Waals surface area contributed by atoms with Crippen LogP contribution in [0.2, 0.25) is 0 Å². The predicted molar refractivity (Wildman–Crippen MR) is 502 cm³/mol. The van der Waals surface area contributed by atoms with Gasteiger partial charge in [0, 0.05) is 136 Å². The van der Waals surface area contributed by atoms with Crippen molar-refractivity contribution >= 4 is 0 Å². The van der Waals surface area contributed by atoms with Gasteiger partial charge < -0.3 is 39.2 Å². The first-order valence-corrected chi connectivity index (χ1v) is 51.6. The van der Waals surface area contributed by atoms with Gasteiger partial charge in [-0.05, 0) is 482 Å². The zero-order chi connectivity index (χ0) is 83.3. The Balaban J connectivity index is 0.000000144. The number of hydrogen-bond acceptors (Lipinski definition) is 12. The van der Waals surface area contributed by atoms with E-state index in [4.69, 9.17) is 0 Å². The van der Waals surface area contributed by atoms with Gasteiger partial charge in [0.15, 0.2) is 0 Å². The summed E-state index contributed by atoms with van der Waals surface area (Å²) < 4.78 is 0. The van der Waals surface area contributed by atoms with Gasteiger partial charge >= 0.3 is 0 Å². The molecule has 13 heterocycles. The zero-order valence-electron chi connectivity index (χ0n) is 81.7. The third-order valence-electron chi connectivity index (χ3n) is 34.0. The van der Waals surface area contributed by atoms with Crippen molar-refractivity contribution in [3.63, 3.8) is 0 Å². The maximum absolute atomic E-state index is 2.72. The molecule has 0 aromatic rings. The molecule has 13 saturated heterocycles. The van der Waals surface area contributed by atoms with Crippen molar-refractivity contribution in [1.82, 2.24) is 58.8 Å². The van der Waals surface area contributed by atoms with Crippen molar-refractivity contribution in [1.29, 1.82) is 0 Å². The molecule has 12 heteroatoms. The first-order valence-electron chi connectivity index (χ1n) is 51.6. The standard InChI is InChI=1S/3C10H19N.4C9H17N.C8H15N.2C8H17N.C7H15N.C6H13N/c1-9(2)11-7-5-10(3-4-10)6-8-11;1-9(2)11-7-6-10(8-11)4-3-5-10;1-9(2)11-7-10(8-11)5-3-4-6-10;1-7(2)10-6-8-3-4-9(10)5-8;1-8(2)10-6-5-9(7-10)3-4-9;1-7(2)10-8-3-4-9(10)6-5-8;1-8(2)10-6-9(7-10)4-3-5-9;1-9-6-5-7-3-2-4-8(7)9;2*1-8(2)9-6-4-3-5-7-9;1-7(2)8-5-3-4-6-8;1-6(2)7-4-3-5-7/h3*9H,3-8H2,1-2H3;7-9H,3-6H2,1-2H3;8H,3-7H2,1-2H3;7-9H,3-6H2,1-2H3;8H,3-7H2,1-2H3;7-8H,2-6H2,1H3;2*8H,3-7H2,1-2H3;7H,3-6H2,1-2H3;6H,3-5H2,1-2H3. The molecule has 7 aliphatic carbocycles. The van der Waals surface area contributed by atoms with Crippen molar-refractivity contribution in [3.8, 4) is 0 Å². The fourth-order valence-electron chi connectivity index (χ4n) is 24.3. The summed E-state index contributed by atoms with van der Waals surface area (Å²) in [6.45, 7) is 77.7. The molecule has 0 aromatic heterocycles. The molecule has 20 aliphatic rings. The number of nitrogens with zero attached hydrogens (tertiary/aromatic N) is 12. The van der Waals surface area contributed by atoms with Crippen LogP contribution in [0.15, 0.2) is 0 Å². The van der Waals surface area contributed by atoms with Gasteiger partial charge in [-0.25, -0.2) is 0 Å². The van der Waals surface area contributed by atoms with Gasteiger partial charge in [-0.3, -0.25) is 19.6 Å². The predicted octanol–water partition coefficient (Wildman–Crippen LogP) is 22.3. The van der Waals surface area contributed by atoms with E-state index in [-0.39, 0.29) is 0 Å². The molecule has 4 bridgehead atoms. The van der Waals surface area contributed by atoms with Crippen molar-refractivity contribution in [2.45, 2.75) is 487 Å². The number of hydrogen-bond donors (Lipinski definition) is 0. The summed E-state index contributed by atoms with van der Waals surface area (Å²) >= 11 is 0. The Morgan fingerprint density at radius 1 is 0.217 bits per heavy atom. The Kier molecular flexibility index (Phi) is 40.3. The van der Waals surface area contributed by atoms with Gasteiger partial charge in [-0.15, -0.1) is 0 Å². The molecule has 4 atom stereocenters. The van der Waals surface area contributed by atoms with Gasteiger partial charge in [0.05, 0.1) is 0 Å². The highest BCUT2D eigenvalue weighted by Gasteiger charge is 2.51. The molecule has 20 fully saturated rings. The van der Waals surface area contributed by atoms with Gasteiger partial charge in [0.1, 0.15) is 0 Å². The second-order valence-corrected chi connectivity index (χ2v) is 46.0. The summed E-state index contributed by atoms with van der Waals surface area (Å²) in [5.74, 6) is 2.14. The normalized spacial score (nSPS) is 30.7. The molecule has 7 saturated carbocycles. The van der Waals surface area contributed by atoms with E-state index in [0.717, 1.165) is 130 Å². The molecule has 0 amide bonds. The molecule has 0 N–H and O–H groups in total. The summed E-state index contributed by atoms with van der Waals surface area (Å²) in [6.07, 6.45) is 56.1. The second kappa shape index (κ2) is 47.2. The van der Waals surface area contributed by atoms with Crippen LogP contribution in [0.5, 0.6) is 0 Å². The number of piperidine rings is 4. The van der Waals surface area contributed by atoms with E-state index in [1.165, 1.54) is 375 Å². The smallest absolute Gasteiger partial charge is 0.0121 e. The van der Waals surface area contributed by atoms with Crippen LogP contribution in [0.3, 0.4) is 0 Å². The van der Waals surface area contributed by atoms with Crippen LogP contribution in [0.4, 0.5) is 0 Å². The van der Waals surface area contributed by atoms with Crippen molar-refractivity contribution in [2.75, 3.05) is 138 Å². The van der Waals surface area contributed by atoms with E-state index in [2.05, 4.69) is 218 Å². The van der Waals surface area contributed by atoms with E-state index in [1.807, 2.05) is 0 Å². The molecule has 4 unspecified atom stereocenters. The van der Waals surface area contributed by atoms with Crippen molar-refractivity contribution < 1.29 is 0 Å². The third-order valence-corrected chi connectivity index (χ3v) is 34.0. The Morgan fingerprint density at radius 2 is 0.539 bits per heavy atom. The van der Waals surface area contributed by atoms with Gasteiger partial charge in [0.25, 0.3) is 0 Å². The van der Waals surface area contributed by atoms with Gasteiger partial charge in [-0.1, -0.05) is 44.9 Å². The summed E-state index contributed by atoms with van der Waals surface area (Å²) in [7, 11) is 2.27. The van der Waals surface area contributed by atoms with E-state index in [9.17, 15) is 0 Å². The summed E-state index contributed by atoms with van der Waals surface area (Å²) in [5.41, 5.74) is 4.09. The first-order chi connectivity index (χ1) is 54.7. The quantitative estimate of drug-likeness (QED) is 0.198. The number of rotatable bonds is 11. The van der Waals surface area contributed by atoms with Crippen LogP contribution in [0, 0.1) is 38.9 Å². The number of likely N-dealkylation sites (tertiary alicyclic amines) is 11. The van der Waals surface area contributed by atoms with E-state index in [1.54, 1.807) is 0 Å². The average Bonchev–Trinajstić information content (AvgIpc) is 1.66. The molecule has 115 heavy (non-hydrogen) atoms. The lowest BCUT2D eigenvalue weighted by Crippen LogP contribution is -2.61. The molecule has 0 radical (unpaired) electrons. The van der Waals surface area contributed by atoms with Crippen LogP contribution in [0.1, 0.15) is 396 Å². The van der Waals surface area contributed by atoms with E-state index < -0.39 is 0 Å². The summed E-state index contributed by atoms with van der Waals surface area (Å²) in [4.78, 5) is 31.1. The third kappa shape index (κ3) is 30.4. The molecular formula is C103H202N12. The lowest BCUT2D eigenvalue weighted by atomic mass is 9.63. The highest BCUT2D eigenvalue weighted by molar-refractivity contribution is 5.04. The maximum atomic E-state index is 2.72. The monoisotopic (exact) mass is 1610 g/mol. The van der Waals surface area contributed by atoms with Crippen LogP contribution >= 0.6 is 0 Å². The lowest BCUT2D eigenvalue weighted by molar-refractivity contribution is -0.0758. The molecule has 20 rings (SSSR count). The zero-order valence-corrected chi connectivity index (χ0v) is 81.7. The minimum absolute atomic E-state index is 0.769. The molecule has 674 valence electrons. The SMILES string of the molecule is CC(C)N1C2CCC1CC2.CC(C)N1CC2(CCC2)C1.CC(C)N1CC2(CCCC2)C1.CC(C)N1CC2CCC1C2.CC(C)N1CCC1.CC(C)N1CCC2(CC1)CC2.CC(C)N1CCC2(CC2)C1.CC(C)N1CCC2(CCC2)C1.CC(C)N1CCCC1.CC(C)N1CCCCC1.CC(C)N1CCCCC1.CN1CCC2CCCC21. The summed E-state index contributed by atoms with van der Waals surface area (Å²) in [6, 6.07) is 12.4. The molecule has 12 nitrogen and oxygen atoms in total. The maximum Gasteiger partial charge on any atom is 0.0121 e. The fraction of sp³-hybridized carbons (Fsp3) is 1.00. The topological polar surface area (TPSA) is 38.9 Å². The number of fused-ring (bicyclic) bond motifs is 5. The Morgan fingerprint density at radius 3 is 0.791 bits per heavy atom. The van der Waals surface area contributed by atoms with Crippen molar-refractivity contribution in [3.05, 3.63) is 0 Å². The Hall–Kier alpha value is -0.480. The Bertz CT molecular complexity index is 2520. The van der Waals surface area contributed by atoms with Crippen LogP contribution in [-0.4, -0.2) is 287 Å². The first kappa shape index (κ1) is 98.3. The van der Waals surface area contributed by atoms with Crippen molar-refractivity contribution in [2.24, 2.45) is 38.9 Å². The highest BCUT2D eigenvalue weighted by Crippen LogP contribution is 2.55. The minimum atomic E-state index is 0.769. The second-order valence-electron chi connectivity index (χ2n) is 46.0. The Labute approximate surface area is 718 Å². The average molecular weight is 1610 g/mol. The minimum Gasteiger partial charge on any atom is -0.303 e. The van der Waals surface area contributed by atoms with E-state index >= 15 is 0 Å². The van der Waals surface area contributed by atoms with E-state index in [0.29, 0.717) is 0 Å². The molecule has 13 aliphatic heterocycles. The van der Waals surface area contributed by atoms with Crippen LogP contribution < -0.4 is 0 Å². The molecular weight excluding hydrogens is 1410 g/mol. The molecule has 5 spiro atoms. The lowest BCUT2D eigenvalue weighted by Gasteiger charge is -2.57. The van der Waals surface area contributed by atoms with Gasteiger partial charge in [0.2, 0.25) is 0 Å². The summed E-state index contributed by atoms with van der Waals surface area (Å²) in [5, 5.41) is 0. The highest BCUT2D eigenvalue weighted by atomic mass is 15.3.